The van der Waals surface area contributed by atoms with Crippen molar-refractivity contribution in [1.82, 2.24) is 5.32 Å². The fourth-order valence-electron chi connectivity index (χ4n) is 1.86. The van der Waals surface area contributed by atoms with Crippen LogP contribution < -0.4 is 5.32 Å². The summed E-state index contributed by atoms with van der Waals surface area (Å²) in [6.45, 7) is 5.75. The zero-order valence-electron chi connectivity index (χ0n) is 9.31. The molecule has 0 radical (unpaired) electrons. The highest BCUT2D eigenvalue weighted by Crippen LogP contribution is 2.34. The Kier molecular flexibility index (Phi) is 5.45. The molecule has 0 aliphatic heterocycles. The monoisotopic (exact) mass is 183 g/mol. The van der Waals surface area contributed by atoms with E-state index >= 15 is 0 Å². The Bertz CT molecular complexity index is 110. The molecular weight excluding hydrogens is 158 g/mol. The zero-order valence-corrected chi connectivity index (χ0v) is 9.31. The normalized spacial score (nSPS) is 18.9. The van der Waals surface area contributed by atoms with Crippen molar-refractivity contribution in [1.29, 1.82) is 0 Å². The number of hydrogen-bond donors (Lipinski definition) is 1. The van der Waals surface area contributed by atoms with E-state index in [2.05, 4.69) is 19.2 Å². The van der Waals surface area contributed by atoms with Crippen molar-refractivity contribution in [2.24, 2.45) is 5.92 Å². The molecule has 13 heavy (non-hydrogen) atoms. The molecule has 0 bridgehead atoms. The second kappa shape index (κ2) is 6.42. The molecule has 0 saturated heterocycles. The molecule has 1 fully saturated rings. The summed E-state index contributed by atoms with van der Waals surface area (Å²) in [4.78, 5) is 0. The SMILES string of the molecule is CCCCC(CC1CC1)NCCC. The molecular formula is C12H25N. The van der Waals surface area contributed by atoms with Crippen molar-refractivity contribution in [2.75, 3.05) is 6.54 Å². The number of nitrogens with one attached hydrogen (secondary N) is 1. The van der Waals surface area contributed by atoms with Gasteiger partial charge in [-0.1, -0.05) is 39.5 Å². The van der Waals surface area contributed by atoms with E-state index in [-0.39, 0.29) is 0 Å². The van der Waals surface area contributed by atoms with E-state index in [0.717, 1.165) is 12.0 Å². The molecule has 0 aromatic heterocycles. The van der Waals surface area contributed by atoms with Crippen molar-refractivity contribution >= 4 is 0 Å². The molecule has 1 atom stereocenters. The lowest BCUT2D eigenvalue weighted by molar-refractivity contribution is 0.421. The molecule has 0 aromatic carbocycles. The quantitative estimate of drug-likeness (QED) is 0.608. The Balaban J connectivity index is 2.08. The van der Waals surface area contributed by atoms with Gasteiger partial charge in [0.1, 0.15) is 0 Å². The maximum absolute atomic E-state index is 3.68. The van der Waals surface area contributed by atoms with E-state index in [4.69, 9.17) is 0 Å². The minimum absolute atomic E-state index is 0.826. The van der Waals surface area contributed by atoms with Crippen LogP contribution in [0.5, 0.6) is 0 Å². The first kappa shape index (κ1) is 11.0. The lowest BCUT2D eigenvalue weighted by Crippen LogP contribution is -2.30. The third-order valence-corrected chi connectivity index (χ3v) is 2.90. The largest absolute Gasteiger partial charge is 0.314 e. The standard InChI is InChI=1S/C12H25N/c1-3-5-6-12(13-9-4-2)10-11-7-8-11/h11-13H,3-10H2,1-2H3. The Morgan fingerprint density at radius 1 is 1.23 bits per heavy atom. The Hall–Kier alpha value is -0.0400. The fraction of sp³-hybridized carbons (Fsp3) is 1.00. The van der Waals surface area contributed by atoms with E-state index in [1.807, 2.05) is 0 Å². The number of unbranched alkanes of at least 4 members (excludes halogenated alkanes) is 1. The van der Waals surface area contributed by atoms with Gasteiger partial charge in [-0.05, 0) is 31.7 Å². The summed E-state index contributed by atoms with van der Waals surface area (Å²) in [5.41, 5.74) is 0. The highest BCUT2D eigenvalue weighted by atomic mass is 14.9. The smallest absolute Gasteiger partial charge is 0.00696 e. The molecule has 0 aromatic rings. The van der Waals surface area contributed by atoms with Crippen molar-refractivity contribution in [3.8, 4) is 0 Å². The van der Waals surface area contributed by atoms with Gasteiger partial charge < -0.3 is 5.32 Å². The molecule has 78 valence electrons. The van der Waals surface area contributed by atoms with Gasteiger partial charge in [0, 0.05) is 6.04 Å². The van der Waals surface area contributed by atoms with Gasteiger partial charge in [-0.25, -0.2) is 0 Å². The lowest BCUT2D eigenvalue weighted by atomic mass is 10.0. The summed E-state index contributed by atoms with van der Waals surface area (Å²) in [6.07, 6.45) is 9.84. The summed E-state index contributed by atoms with van der Waals surface area (Å²) in [5.74, 6) is 1.08. The van der Waals surface area contributed by atoms with Gasteiger partial charge in [0.15, 0.2) is 0 Å². The zero-order chi connectivity index (χ0) is 9.52. The van der Waals surface area contributed by atoms with Crippen LogP contribution >= 0.6 is 0 Å². The molecule has 0 heterocycles. The topological polar surface area (TPSA) is 12.0 Å². The predicted molar refractivity (Wildman–Crippen MR) is 58.9 cm³/mol. The minimum Gasteiger partial charge on any atom is -0.314 e. The Morgan fingerprint density at radius 3 is 2.54 bits per heavy atom. The predicted octanol–water partition coefficient (Wildman–Crippen LogP) is 3.34. The van der Waals surface area contributed by atoms with Gasteiger partial charge in [0.25, 0.3) is 0 Å². The summed E-state index contributed by atoms with van der Waals surface area (Å²) < 4.78 is 0. The van der Waals surface area contributed by atoms with Crippen LogP contribution in [0.3, 0.4) is 0 Å². The molecule has 1 heteroatoms. The molecule has 1 aliphatic carbocycles. The molecule has 0 spiro atoms. The highest BCUT2D eigenvalue weighted by molar-refractivity contribution is 4.80. The van der Waals surface area contributed by atoms with Crippen LogP contribution in [0.25, 0.3) is 0 Å². The van der Waals surface area contributed by atoms with Gasteiger partial charge in [0.05, 0.1) is 0 Å². The summed E-state index contributed by atoms with van der Waals surface area (Å²) >= 11 is 0. The summed E-state index contributed by atoms with van der Waals surface area (Å²) in [7, 11) is 0. The van der Waals surface area contributed by atoms with E-state index in [0.29, 0.717) is 0 Å². The highest BCUT2D eigenvalue weighted by Gasteiger charge is 2.24. The van der Waals surface area contributed by atoms with Crippen LogP contribution in [0.15, 0.2) is 0 Å². The van der Waals surface area contributed by atoms with Crippen LogP contribution in [-0.4, -0.2) is 12.6 Å². The lowest BCUT2D eigenvalue weighted by Gasteiger charge is -2.17. The summed E-state index contributed by atoms with van der Waals surface area (Å²) in [5, 5.41) is 3.68. The first-order chi connectivity index (χ1) is 6.36. The maximum atomic E-state index is 3.68. The second-order valence-electron chi connectivity index (χ2n) is 4.47. The average molecular weight is 183 g/mol. The maximum Gasteiger partial charge on any atom is 0.00696 e. The van der Waals surface area contributed by atoms with Crippen LogP contribution in [0.1, 0.15) is 58.8 Å². The van der Waals surface area contributed by atoms with E-state index in [1.165, 1.54) is 51.5 Å². The number of rotatable bonds is 8. The molecule has 1 saturated carbocycles. The Morgan fingerprint density at radius 2 is 2.00 bits per heavy atom. The van der Waals surface area contributed by atoms with Crippen LogP contribution in [0.2, 0.25) is 0 Å². The third kappa shape index (κ3) is 5.30. The first-order valence-electron chi connectivity index (χ1n) is 6.10. The molecule has 1 nitrogen and oxygen atoms in total. The van der Waals surface area contributed by atoms with E-state index < -0.39 is 0 Å². The first-order valence-corrected chi connectivity index (χ1v) is 6.10. The van der Waals surface area contributed by atoms with Gasteiger partial charge in [-0.3, -0.25) is 0 Å². The van der Waals surface area contributed by atoms with Gasteiger partial charge in [0.2, 0.25) is 0 Å². The van der Waals surface area contributed by atoms with Crippen molar-refractivity contribution < 1.29 is 0 Å². The Labute approximate surface area is 83.3 Å². The fourth-order valence-corrected chi connectivity index (χ4v) is 1.86. The molecule has 1 unspecified atom stereocenters. The van der Waals surface area contributed by atoms with Crippen molar-refractivity contribution in [3.63, 3.8) is 0 Å². The van der Waals surface area contributed by atoms with E-state index in [9.17, 15) is 0 Å². The third-order valence-electron chi connectivity index (χ3n) is 2.90. The van der Waals surface area contributed by atoms with Crippen molar-refractivity contribution in [3.05, 3.63) is 0 Å². The van der Waals surface area contributed by atoms with E-state index in [1.54, 1.807) is 0 Å². The van der Waals surface area contributed by atoms with Crippen LogP contribution in [0, 0.1) is 5.92 Å². The van der Waals surface area contributed by atoms with Crippen molar-refractivity contribution in [2.45, 2.75) is 64.8 Å². The molecule has 1 aliphatic rings. The minimum atomic E-state index is 0.826. The molecule has 0 amide bonds. The molecule has 1 rings (SSSR count). The van der Waals surface area contributed by atoms with Gasteiger partial charge >= 0.3 is 0 Å². The van der Waals surface area contributed by atoms with Crippen LogP contribution in [0.4, 0.5) is 0 Å². The second-order valence-corrected chi connectivity index (χ2v) is 4.47. The summed E-state index contributed by atoms with van der Waals surface area (Å²) in [6, 6.07) is 0.826. The molecule has 1 N–H and O–H groups in total. The number of hydrogen-bond acceptors (Lipinski definition) is 1. The average Bonchev–Trinajstić information content (AvgIpc) is 2.93. The van der Waals surface area contributed by atoms with Gasteiger partial charge in [-0.15, -0.1) is 0 Å². The van der Waals surface area contributed by atoms with Crippen LogP contribution in [-0.2, 0) is 0 Å². The van der Waals surface area contributed by atoms with Gasteiger partial charge in [-0.2, -0.15) is 0 Å².